The number of nitrogens with zero attached hydrogens (tertiary/aromatic N) is 1. The van der Waals surface area contributed by atoms with Crippen LogP contribution in [-0.2, 0) is 16.0 Å². The minimum Gasteiger partial charge on any atom is -0.379 e. The minimum absolute atomic E-state index is 0.0448. The SMILES string of the molecule is COC(CNC(=O)CCc1ccccn1)C(C)C. The molecule has 1 amide bonds. The number of hydrogen-bond donors (Lipinski definition) is 1. The molecular formula is C14H22N2O2. The van der Waals surface area contributed by atoms with Crippen molar-refractivity contribution in [1.29, 1.82) is 0 Å². The lowest BCUT2D eigenvalue weighted by atomic mass is 10.1. The molecular weight excluding hydrogens is 228 g/mol. The maximum atomic E-state index is 11.7. The van der Waals surface area contributed by atoms with Gasteiger partial charge < -0.3 is 10.1 Å². The third kappa shape index (κ3) is 5.27. The number of carbonyl (C=O) groups excluding carboxylic acids is 1. The van der Waals surface area contributed by atoms with E-state index in [1.54, 1.807) is 13.3 Å². The molecule has 1 heterocycles. The highest BCUT2D eigenvalue weighted by molar-refractivity contribution is 5.76. The third-order valence-corrected chi connectivity index (χ3v) is 2.88. The van der Waals surface area contributed by atoms with E-state index >= 15 is 0 Å². The molecule has 1 aromatic rings. The molecule has 1 aromatic heterocycles. The van der Waals surface area contributed by atoms with Crippen molar-refractivity contribution in [2.24, 2.45) is 5.92 Å². The Kier molecular flexibility index (Phi) is 6.36. The van der Waals surface area contributed by atoms with Gasteiger partial charge in [-0.1, -0.05) is 19.9 Å². The van der Waals surface area contributed by atoms with Crippen LogP contribution in [0.2, 0.25) is 0 Å². The lowest BCUT2D eigenvalue weighted by Gasteiger charge is -2.19. The summed E-state index contributed by atoms with van der Waals surface area (Å²) < 4.78 is 5.30. The van der Waals surface area contributed by atoms with Crippen LogP contribution >= 0.6 is 0 Å². The van der Waals surface area contributed by atoms with E-state index in [0.717, 1.165) is 5.69 Å². The minimum atomic E-state index is 0.0448. The first-order valence-corrected chi connectivity index (χ1v) is 6.33. The van der Waals surface area contributed by atoms with Crippen molar-refractivity contribution in [1.82, 2.24) is 10.3 Å². The number of pyridine rings is 1. The maximum absolute atomic E-state index is 11.7. The fourth-order valence-corrected chi connectivity index (χ4v) is 1.68. The standard InChI is InChI=1S/C14H22N2O2/c1-11(2)13(18-3)10-16-14(17)8-7-12-6-4-5-9-15-12/h4-6,9,11,13H,7-8,10H2,1-3H3,(H,16,17). The van der Waals surface area contributed by atoms with Crippen LogP contribution < -0.4 is 5.32 Å². The molecule has 4 nitrogen and oxygen atoms in total. The third-order valence-electron chi connectivity index (χ3n) is 2.88. The van der Waals surface area contributed by atoms with Crippen LogP contribution in [0.25, 0.3) is 0 Å². The highest BCUT2D eigenvalue weighted by atomic mass is 16.5. The van der Waals surface area contributed by atoms with E-state index in [4.69, 9.17) is 4.74 Å². The maximum Gasteiger partial charge on any atom is 0.220 e. The van der Waals surface area contributed by atoms with Gasteiger partial charge in [-0.25, -0.2) is 0 Å². The van der Waals surface area contributed by atoms with Crippen molar-refractivity contribution >= 4 is 5.91 Å². The van der Waals surface area contributed by atoms with Gasteiger partial charge in [0.25, 0.3) is 0 Å². The zero-order valence-electron chi connectivity index (χ0n) is 11.3. The molecule has 4 heteroatoms. The number of nitrogens with one attached hydrogen (secondary N) is 1. The van der Waals surface area contributed by atoms with Crippen LogP contribution in [0.5, 0.6) is 0 Å². The van der Waals surface area contributed by atoms with Gasteiger partial charge in [-0.15, -0.1) is 0 Å². The zero-order valence-corrected chi connectivity index (χ0v) is 11.3. The summed E-state index contributed by atoms with van der Waals surface area (Å²) in [7, 11) is 1.67. The van der Waals surface area contributed by atoms with E-state index < -0.39 is 0 Å². The Morgan fingerprint density at radius 3 is 2.78 bits per heavy atom. The number of rotatable bonds is 7. The average Bonchev–Trinajstić information content (AvgIpc) is 2.38. The van der Waals surface area contributed by atoms with Gasteiger partial charge in [0, 0.05) is 32.0 Å². The Morgan fingerprint density at radius 1 is 1.44 bits per heavy atom. The Morgan fingerprint density at radius 2 is 2.22 bits per heavy atom. The highest BCUT2D eigenvalue weighted by Crippen LogP contribution is 2.04. The van der Waals surface area contributed by atoms with Crippen molar-refractivity contribution in [3.05, 3.63) is 30.1 Å². The van der Waals surface area contributed by atoms with Gasteiger partial charge in [0.1, 0.15) is 0 Å². The van der Waals surface area contributed by atoms with Gasteiger partial charge in [0.2, 0.25) is 5.91 Å². The first kappa shape index (κ1) is 14.6. The van der Waals surface area contributed by atoms with Crippen molar-refractivity contribution in [3.8, 4) is 0 Å². The molecule has 100 valence electrons. The molecule has 1 rings (SSSR count). The van der Waals surface area contributed by atoms with Crippen molar-refractivity contribution in [3.63, 3.8) is 0 Å². The van der Waals surface area contributed by atoms with Crippen LogP contribution in [0.15, 0.2) is 24.4 Å². The van der Waals surface area contributed by atoms with Gasteiger partial charge in [0.15, 0.2) is 0 Å². The second kappa shape index (κ2) is 7.82. The lowest BCUT2D eigenvalue weighted by molar-refractivity contribution is -0.121. The number of aromatic nitrogens is 1. The Balaban J connectivity index is 2.26. The van der Waals surface area contributed by atoms with Crippen LogP contribution in [0.1, 0.15) is 26.0 Å². The summed E-state index contributed by atoms with van der Waals surface area (Å²) in [5.74, 6) is 0.439. The molecule has 18 heavy (non-hydrogen) atoms. The van der Waals surface area contributed by atoms with Gasteiger partial charge in [-0.05, 0) is 24.5 Å². The smallest absolute Gasteiger partial charge is 0.220 e. The molecule has 0 spiro atoms. The summed E-state index contributed by atoms with van der Waals surface area (Å²) in [6, 6.07) is 5.73. The molecule has 0 aliphatic rings. The zero-order chi connectivity index (χ0) is 13.4. The van der Waals surface area contributed by atoms with E-state index in [-0.39, 0.29) is 12.0 Å². The normalized spacial score (nSPS) is 12.4. The van der Waals surface area contributed by atoms with E-state index in [9.17, 15) is 4.79 Å². The Bertz CT molecular complexity index is 352. The first-order chi connectivity index (χ1) is 8.63. The van der Waals surface area contributed by atoms with Crippen molar-refractivity contribution in [2.75, 3.05) is 13.7 Å². The summed E-state index contributed by atoms with van der Waals surface area (Å²) in [5, 5.41) is 2.89. The topological polar surface area (TPSA) is 51.2 Å². The molecule has 0 aliphatic heterocycles. The average molecular weight is 250 g/mol. The molecule has 0 aromatic carbocycles. The summed E-state index contributed by atoms with van der Waals surface area (Å²) in [6.45, 7) is 4.72. The van der Waals surface area contributed by atoms with Gasteiger partial charge >= 0.3 is 0 Å². The monoisotopic (exact) mass is 250 g/mol. The van der Waals surface area contributed by atoms with Crippen LogP contribution in [0.4, 0.5) is 0 Å². The van der Waals surface area contributed by atoms with Gasteiger partial charge in [-0.2, -0.15) is 0 Å². The second-order valence-electron chi connectivity index (χ2n) is 4.64. The molecule has 1 atom stereocenters. The molecule has 0 radical (unpaired) electrons. The summed E-state index contributed by atoms with van der Waals surface area (Å²) >= 11 is 0. The molecule has 1 unspecified atom stereocenters. The molecule has 0 saturated heterocycles. The van der Waals surface area contributed by atoms with E-state index in [2.05, 4.69) is 24.1 Å². The Hall–Kier alpha value is -1.42. The number of carbonyl (C=O) groups is 1. The van der Waals surface area contributed by atoms with Gasteiger partial charge in [-0.3, -0.25) is 9.78 Å². The van der Waals surface area contributed by atoms with Gasteiger partial charge in [0.05, 0.1) is 6.10 Å². The Labute approximate surface area is 109 Å². The predicted octanol–water partition coefficient (Wildman–Crippen LogP) is 1.80. The fraction of sp³-hybridized carbons (Fsp3) is 0.571. The predicted molar refractivity (Wildman–Crippen MR) is 71.2 cm³/mol. The van der Waals surface area contributed by atoms with Crippen LogP contribution in [-0.4, -0.2) is 30.6 Å². The fourth-order valence-electron chi connectivity index (χ4n) is 1.68. The molecule has 0 aliphatic carbocycles. The molecule has 0 bridgehead atoms. The highest BCUT2D eigenvalue weighted by Gasteiger charge is 2.13. The molecule has 0 saturated carbocycles. The first-order valence-electron chi connectivity index (χ1n) is 6.33. The van der Waals surface area contributed by atoms with Crippen molar-refractivity contribution in [2.45, 2.75) is 32.8 Å². The molecule has 0 fully saturated rings. The number of aryl methyl sites for hydroxylation is 1. The lowest BCUT2D eigenvalue weighted by Crippen LogP contribution is -2.36. The molecule has 1 N–H and O–H groups in total. The van der Waals surface area contributed by atoms with E-state index in [1.165, 1.54) is 0 Å². The largest absolute Gasteiger partial charge is 0.379 e. The summed E-state index contributed by atoms with van der Waals surface area (Å²) in [4.78, 5) is 15.9. The van der Waals surface area contributed by atoms with Crippen LogP contribution in [0, 0.1) is 5.92 Å². The summed E-state index contributed by atoms with van der Waals surface area (Å²) in [6.07, 6.45) is 2.95. The quantitative estimate of drug-likeness (QED) is 0.803. The van der Waals surface area contributed by atoms with Crippen LogP contribution in [0.3, 0.4) is 0 Å². The number of ether oxygens (including phenoxy) is 1. The summed E-state index contributed by atoms with van der Waals surface area (Å²) in [5.41, 5.74) is 0.944. The van der Waals surface area contributed by atoms with Crippen molar-refractivity contribution < 1.29 is 9.53 Å². The second-order valence-corrected chi connectivity index (χ2v) is 4.64. The number of hydrogen-bond acceptors (Lipinski definition) is 3. The van der Waals surface area contributed by atoms with E-state index in [1.807, 2.05) is 18.2 Å². The van der Waals surface area contributed by atoms with E-state index in [0.29, 0.717) is 25.3 Å². The number of amides is 1. The number of methoxy groups -OCH3 is 1.